The molecule has 3 aromatic heterocycles. The maximum absolute atomic E-state index is 12.9. The number of benzene rings is 3. The fraction of sp³-hybridized carbons (Fsp3) is 0. The van der Waals surface area contributed by atoms with Crippen LogP contribution < -0.4 is 5.32 Å². The summed E-state index contributed by atoms with van der Waals surface area (Å²) >= 11 is 0. The summed E-state index contributed by atoms with van der Waals surface area (Å²) in [7, 11) is 0. The van der Waals surface area contributed by atoms with Crippen molar-refractivity contribution in [3.8, 4) is 22.8 Å². The molecule has 7 nitrogen and oxygen atoms in total. The van der Waals surface area contributed by atoms with Crippen molar-refractivity contribution in [2.24, 2.45) is 0 Å². The Bertz CT molecular complexity index is 1660. The normalized spacial score (nSPS) is 11.1. The third-order valence-electron chi connectivity index (χ3n) is 5.58. The number of pyridine rings is 1. The molecule has 0 fully saturated rings. The molecule has 162 valence electrons. The zero-order valence-electron chi connectivity index (χ0n) is 18.0. The molecule has 0 aliphatic carbocycles. The number of hydrogen-bond donors (Lipinski definition) is 1. The average molecular weight is 442 g/mol. The van der Waals surface area contributed by atoms with Crippen LogP contribution in [0.4, 0.5) is 5.69 Å². The Balaban J connectivity index is 1.31. The van der Waals surface area contributed by atoms with E-state index in [-0.39, 0.29) is 5.91 Å². The monoisotopic (exact) mass is 442 g/mol. The van der Waals surface area contributed by atoms with E-state index in [0.717, 1.165) is 22.0 Å². The van der Waals surface area contributed by atoms with Gasteiger partial charge >= 0.3 is 0 Å². The molecule has 0 aliphatic heterocycles. The van der Waals surface area contributed by atoms with Gasteiger partial charge in [0.25, 0.3) is 5.91 Å². The molecule has 0 aliphatic rings. The molecular formula is C27H18N6O. The molecule has 6 rings (SSSR count). The van der Waals surface area contributed by atoms with Crippen LogP contribution in [0.25, 0.3) is 39.2 Å². The zero-order chi connectivity index (χ0) is 22.9. The molecule has 0 saturated heterocycles. The predicted molar refractivity (Wildman–Crippen MR) is 131 cm³/mol. The minimum atomic E-state index is -0.164. The Kier molecular flexibility index (Phi) is 4.77. The number of carbonyl (C=O) groups excluding carboxylic acids is 1. The van der Waals surface area contributed by atoms with E-state index in [2.05, 4.69) is 20.5 Å². The fourth-order valence-corrected chi connectivity index (χ4v) is 3.89. The van der Waals surface area contributed by atoms with Crippen LogP contribution in [0.3, 0.4) is 0 Å². The minimum absolute atomic E-state index is 0.164. The number of anilines is 1. The number of rotatable bonds is 4. The van der Waals surface area contributed by atoms with E-state index in [9.17, 15) is 4.79 Å². The maximum Gasteiger partial charge on any atom is 0.255 e. The lowest BCUT2D eigenvalue weighted by molar-refractivity contribution is 0.102. The molecule has 7 heteroatoms. The summed E-state index contributed by atoms with van der Waals surface area (Å²) in [5, 5.41) is 18.3. The number of nitrogens with one attached hydrogen (secondary N) is 1. The van der Waals surface area contributed by atoms with Crippen molar-refractivity contribution in [2.75, 3.05) is 5.32 Å². The topological polar surface area (TPSA) is 85.1 Å². The third-order valence-corrected chi connectivity index (χ3v) is 5.58. The maximum atomic E-state index is 12.9. The summed E-state index contributed by atoms with van der Waals surface area (Å²) < 4.78 is 1.68. The molecule has 1 N–H and O–H groups in total. The van der Waals surface area contributed by atoms with Crippen molar-refractivity contribution >= 4 is 28.0 Å². The first kappa shape index (κ1) is 19.8. The van der Waals surface area contributed by atoms with Crippen molar-refractivity contribution in [2.45, 2.75) is 0 Å². The SMILES string of the molecule is O=C(Nc1cccc(-c2ccc3nnc(-c4ccccn4)n3n2)c1)c1ccc2ccccc2c1. The Morgan fingerprint density at radius 1 is 0.735 bits per heavy atom. The standard InChI is InChI=1S/C27H18N6O/c34-27(21-12-11-18-6-1-2-7-19(18)16-21)29-22-9-5-8-20(17-22)23-13-14-25-30-31-26(33(25)32-23)24-10-3-4-15-28-24/h1-17H,(H,29,34). The summed E-state index contributed by atoms with van der Waals surface area (Å²) in [6.45, 7) is 0. The van der Waals surface area contributed by atoms with Gasteiger partial charge < -0.3 is 5.32 Å². The van der Waals surface area contributed by atoms with Crippen molar-refractivity contribution in [3.63, 3.8) is 0 Å². The second kappa shape index (κ2) is 8.22. The van der Waals surface area contributed by atoms with Crippen LogP contribution in [0.15, 0.2) is 103 Å². The van der Waals surface area contributed by atoms with Gasteiger partial charge in [-0.2, -0.15) is 9.61 Å². The number of carbonyl (C=O) groups is 1. The second-order valence-electron chi connectivity index (χ2n) is 7.82. The van der Waals surface area contributed by atoms with E-state index in [0.29, 0.717) is 28.4 Å². The average Bonchev–Trinajstić information content (AvgIpc) is 3.32. The van der Waals surface area contributed by atoms with E-state index in [1.54, 1.807) is 10.7 Å². The van der Waals surface area contributed by atoms with Gasteiger partial charge in [0.15, 0.2) is 5.65 Å². The molecular weight excluding hydrogens is 424 g/mol. The highest BCUT2D eigenvalue weighted by molar-refractivity contribution is 6.06. The molecule has 1 amide bonds. The number of hydrogen-bond acceptors (Lipinski definition) is 5. The Labute approximate surface area is 194 Å². The highest BCUT2D eigenvalue weighted by Crippen LogP contribution is 2.24. The predicted octanol–water partition coefficient (Wildman–Crippen LogP) is 5.26. The van der Waals surface area contributed by atoms with E-state index < -0.39 is 0 Å². The molecule has 0 atom stereocenters. The fourth-order valence-electron chi connectivity index (χ4n) is 3.89. The molecule has 34 heavy (non-hydrogen) atoms. The van der Waals surface area contributed by atoms with Gasteiger partial charge in [-0.05, 0) is 59.3 Å². The van der Waals surface area contributed by atoms with Crippen LogP contribution in [0.1, 0.15) is 10.4 Å². The number of fused-ring (bicyclic) bond motifs is 2. The lowest BCUT2D eigenvalue weighted by Crippen LogP contribution is -2.11. The van der Waals surface area contributed by atoms with Gasteiger partial charge in [-0.25, -0.2) is 0 Å². The highest BCUT2D eigenvalue weighted by atomic mass is 16.1. The van der Waals surface area contributed by atoms with Gasteiger partial charge in [-0.15, -0.1) is 10.2 Å². The molecule has 3 heterocycles. The number of amides is 1. The first-order chi connectivity index (χ1) is 16.7. The minimum Gasteiger partial charge on any atom is -0.322 e. The van der Waals surface area contributed by atoms with Crippen molar-refractivity contribution < 1.29 is 4.79 Å². The lowest BCUT2D eigenvalue weighted by atomic mass is 10.1. The summed E-state index contributed by atoms with van der Waals surface area (Å²) in [4.78, 5) is 17.3. The van der Waals surface area contributed by atoms with Gasteiger partial charge in [-0.1, -0.05) is 48.5 Å². The summed E-state index contributed by atoms with van der Waals surface area (Å²) in [6, 6.07) is 30.6. The van der Waals surface area contributed by atoms with Crippen molar-refractivity contribution in [1.82, 2.24) is 24.8 Å². The molecule has 0 radical (unpaired) electrons. The summed E-state index contributed by atoms with van der Waals surface area (Å²) in [5.74, 6) is 0.403. The van der Waals surface area contributed by atoms with Gasteiger partial charge in [0.05, 0.1) is 5.69 Å². The molecule has 6 aromatic rings. The number of aromatic nitrogens is 5. The van der Waals surface area contributed by atoms with E-state index in [1.807, 2.05) is 97.1 Å². The van der Waals surface area contributed by atoms with E-state index >= 15 is 0 Å². The Morgan fingerprint density at radius 3 is 2.50 bits per heavy atom. The van der Waals surface area contributed by atoms with Crippen LogP contribution >= 0.6 is 0 Å². The van der Waals surface area contributed by atoms with Crippen LogP contribution in [0, 0.1) is 0 Å². The Hall–Kier alpha value is -4.91. The summed E-state index contributed by atoms with van der Waals surface area (Å²) in [6.07, 6.45) is 1.71. The van der Waals surface area contributed by atoms with Crippen molar-refractivity contribution in [1.29, 1.82) is 0 Å². The summed E-state index contributed by atoms with van der Waals surface area (Å²) in [5.41, 5.74) is 4.20. The van der Waals surface area contributed by atoms with E-state index in [4.69, 9.17) is 5.10 Å². The Morgan fingerprint density at radius 2 is 1.62 bits per heavy atom. The quantitative estimate of drug-likeness (QED) is 0.403. The smallest absolute Gasteiger partial charge is 0.255 e. The number of nitrogens with zero attached hydrogens (tertiary/aromatic N) is 5. The van der Waals surface area contributed by atoms with E-state index in [1.165, 1.54) is 0 Å². The third kappa shape index (κ3) is 3.65. The van der Waals surface area contributed by atoms with Gasteiger partial charge in [0.1, 0.15) is 5.69 Å². The van der Waals surface area contributed by atoms with Crippen molar-refractivity contribution in [3.05, 3.63) is 109 Å². The lowest BCUT2D eigenvalue weighted by Gasteiger charge is -2.09. The van der Waals surface area contributed by atoms with Crippen LogP contribution in [-0.2, 0) is 0 Å². The van der Waals surface area contributed by atoms with Gasteiger partial charge in [-0.3, -0.25) is 9.78 Å². The molecule has 3 aromatic carbocycles. The van der Waals surface area contributed by atoms with Gasteiger partial charge in [0, 0.05) is 23.0 Å². The molecule has 0 saturated carbocycles. The molecule has 0 spiro atoms. The highest BCUT2D eigenvalue weighted by Gasteiger charge is 2.12. The van der Waals surface area contributed by atoms with Gasteiger partial charge in [0.2, 0.25) is 5.82 Å². The second-order valence-corrected chi connectivity index (χ2v) is 7.82. The zero-order valence-corrected chi connectivity index (χ0v) is 18.0. The van der Waals surface area contributed by atoms with Crippen LogP contribution in [-0.4, -0.2) is 30.7 Å². The first-order valence-electron chi connectivity index (χ1n) is 10.8. The van der Waals surface area contributed by atoms with Crippen LogP contribution in [0.5, 0.6) is 0 Å². The largest absolute Gasteiger partial charge is 0.322 e. The molecule has 0 bridgehead atoms. The van der Waals surface area contributed by atoms with Crippen LogP contribution in [0.2, 0.25) is 0 Å². The first-order valence-corrected chi connectivity index (χ1v) is 10.8. The molecule has 0 unspecified atom stereocenters.